The number of carbonyl (C=O) groups excluding carboxylic acids is 2. The van der Waals surface area contributed by atoms with Gasteiger partial charge in [0.2, 0.25) is 5.91 Å². The number of amides is 3. The SMILES string of the molecule is CC(=O)Nc1cc(COc2ccc(NC(=O)Nc3cc(C4CC4)ccc3Cl)c(F)c2)ccn1. The first kappa shape index (κ1) is 22.5. The van der Waals surface area contributed by atoms with E-state index < -0.39 is 11.8 Å². The number of benzene rings is 2. The van der Waals surface area contributed by atoms with Crippen LogP contribution in [0.3, 0.4) is 0 Å². The predicted molar refractivity (Wildman–Crippen MR) is 125 cm³/mol. The molecule has 3 aromatic rings. The van der Waals surface area contributed by atoms with E-state index in [0.29, 0.717) is 22.4 Å². The lowest BCUT2D eigenvalue weighted by molar-refractivity contribution is -0.114. The van der Waals surface area contributed by atoms with Gasteiger partial charge in [-0.15, -0.1) is 0 Å². The Bertz CT molecular complexity index is 1200. The maximum atomic E-state index is 14.5. The van der Waals surface area contributed by atoms with Gasteiger partial charge in [-0.05, 0) is 66.3 Å². The molecule has 33 heavy (non-hydrogen) atoms. The Labute approximate surface area is 195 Å². The molecule has 1 heterocycles. The highest BCUT2D eigenvalue weighted by Gasteiger charge is 2.24. The summed E-state index contributed by atoms with van der Waals surface area (Å²) in [5, 5.41) is 8.17. The lowest BCUT2D eigenvalue weighted by Gasteiger charge is -2.12. The van der Waals surface area contributed by atoms with E-state index in [2.05, 4.69) is 20.9 Å². The smallest absolute Gasteiger partial charge is 0.323 e. The van der Waals surface area contributed by atoms with E-state index in [1.807, 2.05) is 12.1 Å². The van der Waals surface area contributed by atoms with Crippen LogP contribution in [-0.4, -0.2) is 16.9 Å². The summed E-state index contributed by atoms with van der Waals surface area (Å²) in [7, 11) is 0. The molecule has 7 nitrogen and oxygen atoms in total. The molecule has 170 valence electrons. The van der Waals surface area contributed by atoms with Gasteiger partial charge < -0.3 is 20.7 Å². The average molecular weight is 469 g/mol. The van der Waals surface area contributed by atoms with E-state index in [1.54, 1.807) is 30.5 Å². The molecule has 2 aromatic carbocycles. The fraction of sp³-hybridized carbons (Fsp3) is 0.208. The van der Waals surface area contributed by atoms with Crippen LogP contribution in [0.4, 0.5) is 26.4 Å². The molecule has 0 spiro atoms. The molecule has 0 radical (unpaired) electrons. The van der Waals surface area contributed by atoms with Gasteiger partial charge in [-0.2, -0.15) is 0 Å². The summed E-state index contributed by atoms with van der Waals surface area (Å²) < 4.78 is 20.2. The first-order chi connectivity index (χ1) is 15.9. The van der Waals surface area contributed by atoms with Gasteiger partial charge in [0, 0.05) is 19.2 Å². The van der Waals surface area contributed by atoms with Crippen LogP contribution in [0, 0.1) is 5.82 Å². The van der Waals surface area contributed by atoms with E-state index in [4.69, 9.17) is 16.3 Å². The normalized spacial score (nSPS) is 12.7. The van der Waals surface area contributed by atoms with Crippen LogP contribution in [-0.2, 0) is 11.4 Å². The highest BCUT2D eigenvalue weighted by Crippen LogP contribution is 2.41. The maximum absolute atomic E-state index is 14.5. The number of rotatable bonds is 7. The number of ether oxygens (including phenoxy) is 1. The summed E-state index contributed by atoms with van der Waals surface area (Å²) in [5.74, 6) is 0.335. The molecule has 0 aliphatic heterocycles. The predicted octanol–water partition coefficient (Wildman–Crippen LogP) is 5.93. The van der Waals surface area contributed by atoms with E-state index in [1.165, 1.54) is 19.1 Å². The molecule has 3 amide bonds. The van der Waals surface area contributed by atoms with Gasteiger partial charge in [-0.25, -0.2) is 14.2 Å². The van der Waals surface area contributed by atoms with Gasteiger partial charge in [0.05, 0.1) is 16.4 Å². The molecule has 0 saturated heterocycles. The Kier molecular flexibility index (Phi) is 6.74. The Morgan fingerprint density at radius 1 is 1.06 bits per heavy atom. The van der Waals surface area contributed by atoms with Crippen molar-refractivity contribution in [3.8, 4) is 5.75 Å². The summed E-state index contributed by atoms with van der Waals surface area (Å²) in [4.78, 5) is 27.6. The number of anilines is 3. The van der Waals surface area contributed by atoms with Gasteiger partial charge in [0.25, 0.3) is 0 Å². The van der Waals surface area contributed by atoms with Gasteiger partial charge in [0.1, 0.15) is 24.0 Å². The molecular formula is C24H22ClFN4O3. The van der Waals surface area contributed by atoms with Crippen LogP contribution in [0.2, 0.25) is 5.02 Å². The molecule has 1 fully saturated rings. The lowest BCUT2D eigenvalue weighted by atomic mass is 10.1. The van der Waals surface area contributed by atoms with Crippen LogP contribution in [0.15, 0.2) is 54.7 Å². The Morgan fingerprint density at radius 3 is 2.58 bits per heavy atom. The first-order valence-corrected chi connectivity index (χ1v) is 10.8. The highest BCUT2D eigenvalue weighted by atomic mass is 35.5. The van der Waals surface area contributed by atoms with E-state index in [-0.39, 0.29) is 24.0 Å². The summed E-state index contributed by atoms with van der Waals surface area (Å²) >= 11 is 6.18. The molecule has 0 bridgehead atoms. The minimum Gasteiger partial charge on any atom is -0.489 e. The van der Waals surface area contributed by atoms with Crippen molar-refractivity contribution in [1.82, 2.24) is 4.98 Å². The number of nitrogens with one attached hydrogen (secondary N) is 3. The summed E-state index contributed by atoms with van der Waals surface area (Å²) in [5.41, 5.74) is 2.36. The van der Waals surface area contributed by atoms with Gasteiger partial charge in [0.15, 0.2) is 0 Å². The van der Waals surface area contributed by atoms with Crippen LogP contribution in [0.1, 0.15) is 36.8 Å². The van der Waals surface area contributed by atoms with Crippen molar-refractivity contribution < 1.29 is 18.7 Å². The molecule has 9 heteroatoms. The fourth-order valence-corrected chi connectivity index (χ4v) is 3.42. The molecular weight excluding hydrogens is 447 g/mol. The second-order valence-electron chi connectivity index (χ2n) is 7.75. The van der Waals surface area contributed by atoms with Crippen LogP contribution in [0.25, 0.3) is 0 Å². The quantitative estimate of drug-likeness (QED) is 0.400. The number of hydrogen-bond acceptors (Lipinski definition) is 4. The zero-order valence-electron chi connectivity index (χ0n) is 17.8. The number of aromatic nitrogens is 1. The van der Waals surface area contributed by atoms with Crippen LogP contribution in [0.5, 0.6) is 5.75 Å². The standard InChI is InChI=1S/C24H22ClFN4O3/c1-14(31)28-23-10-15(8-9-27-23)13-33-18-5-7-21(20(26)12-18)29-24(32)30-22-11-17(16-2-3-16)4-6-19(22)25/h4-12,16H,2-3,13H2,1H3,(H,27,28,31)(H2,29,30,32). The number of urea groups is 1. The van der Waals surface area contributed by atoms with E-state index in [0.717, 1.165) is 24.0 Å². The minimum atomic E-state index is -0.644. The third-order valence-electron chi connectivity index (χ3n) is 5.01. The largest absolute Gasteiger partial charge is 0.489 e. The van der Waals surface area contributed by atoms with Crippen molar-refractivity contribution in [3.05, 3.63) is 76.7 Å². The van der Waals surface area contributed by atoms with Crippen LogP contribution < -0.4 is 20.7 Å². The third kappa shape index (κ3) is 6.20. The van der Waals surface area contributed by atoms with Crippen LogP contribution >= 0.6 is 11.6 Å². The molecule has 1 saturated carbocycles. The van der Waals surface area contributed by atoms with Crippen molar-refractivity contribution >= 4 is 40.7 Å². The van der Waals surface area contributed by atoms with Crippen molar-refractivity contribution in [2.75, 3.05) is 16.0 Å². The molecule has 3 N–H and O–H groups in total. The number of nitrogens with zero attached hydrogens (tertiary/aromatic N) is 1. The first-order valence-electron chi connectivity index (χ1n) is 10.4. The number of hydrogen-bond donors (Lipinski definition) is 3. The summed E-state index contributed by atoms with van der Waals surface area (Å²) in [6, 6.07) is 12.5. The molecule has 1 aromatic heterocycles. The van der Waals surface area contributed by atoms with Crippen molar-refractivity contribution in [1.29, 1.82) is 0 Å². The zero-order chi connectivity index (χ0) is 23.4. The molecule has 1 aliphatic rings. The average Bonchev–Trinajstić information content (AvgIpc) is 3.61. The Morgan fingerprint density at radius 2 is 1.85 bits per heavy atom. The number of halogens is 2. The van der Waals surface area contributed by atoms with Crippen molar-refractivity contribution in [2.45, 2.75) is 32.3 Å². The summed E-state index contributed by atoms with van der Waals surface area (Å²) in [6.07, 6.45) is 3.80. The van der Waals surface area contributed by atoms with E-state index in [9.17, 15) is 14.0 Å². The number of pyridine rings is 1. The van der Waals surface area contributed by atoms with Gasteiger partial charge in [-0.3, -0.25) is 4.79 Å². The van der Waals surface area contributed by atoms with E-state index >= 15 is 0 Å². The fourth-order valence-electron chi connectivity index (χ4n) is 3.25. The topological polar surface area (TPSA) is 92.4 Å². The monoisotopic (exact) mass is 468 g/mol. The second-order valence-corrected chi connectivity index (χ2v) is 8.16. The molecule has 0 unspecified atom stereocenters. The Hall–Kier alpha value is -3.65. The van der Waals surface area contributed by atoms with Gasteiger partial charge in [-0.1, -0.05) is 17.7 Å². The highest BCUT2D eigenvalue weighted by molar-refractivity contribution is 6.33. The second kappa shape index (κ2) is 9.87. The number of carbonyl (C=O) groups is 2. The molecule has 1 aliphatic carbocycles. The third-order valence-corrected chi connectivity index (χ3v) is 5.34. The lowest BCUT2D eigenvalue weighted by Crippen LogP contribution is -2.20. The van der Waals surface area contributed by atoms with Crippen molar-refractivity contribution in [3.63, 3.8) is 0 Å². The summed E-state index contributed by atoms with van der Waals surface area (Å²) in [6.45, 7) is 1.54. The maximum Gasteiger partial charge on any atom is 0.323 e. The van der Waals surface area contributed by atoms with Gasteiger partial charge >= 0.3 is 6.03 Å². The minimum absolute atomic E-state index is 0.00572. The van der Waals surface area contributed by atoms with Crippen molar-refractivity contribution in [2.24, 2.45) is 0 Å². The Balaban J connectivity index is 1.35. The molecule has 4 rings (SSSR count). The molecule has 0 atom stereocenters. The zero-order valence-corrected chi connectivity index (χ0v) is 18.6.